The first-order valence-corrected chi connectivity index (χ1v) is 8.02. The zero-order valence-electron chi connectivity index (χ0n) is 14.3. The topological polar surface area (TPSA) is 111 Å². The summed E-state index contributed by atoms with van der Waals surface area (Å²) in [6.45, 7) is 3.87. The van der Waals surface area contributed by atoms with Crippen LogP contribution in [0.4, 0.5) is 0 Å². The van der Waals surface area contributed by atoms with Gasteiger partial charge in [0.2, 0.25) is 5.71 Å². The van der Waals surface area contributed by atoms with E-state index in [9.17, 15) is 20.3 Å². The van der Waals surface area contributed by atoms with E-state index in [4.69, 9.17) is 4.74 Å². The fourth-order valence-corrected chi connectivity index (χ4v) is 2.80. The molecule has 0 spiro atoms. The van der Waals surface area contributed by atoms with Gasteiger partial charge in [0, 0.05) is 28.7 Å². The van der Waals surface area contributed by atoms with Crippen LogP contribution in [-0.2, 0) is 4.74 Å². The monoisotopic (exact) mass is 353 g/mol. The summed E-state index contributed by atoms with van der Waals surface area (Å²) in [4.78, 5) is 14.5. The highest BCUT2D eigenvalue weighted by molar-refractivity contribution is 6.04. The Kier molecular flexibility index (Phi) is 4.53. The minimum Gasteiger partial charge on any atom is -0.612 e. The second-order valence-electron chi connectivity index (χ2n) is 5.83. The largest absolute Gasteiger partial charge is 0.612 e. The Morgan fingerprint density at radius 1 is 1.19 bits per heavy atom. The summed E-state index contributed by atoms with van der Waals surface area (Å²) >= 11 is 0. The second-order valence-corrected chi connectivity index (χ2v) is 5.83. The molecule has 0 fully saturated rings. The number of nitrogens with one attached hydrogen (secondary N) is 1. The number of aliphatic hydroxyl groups excluding tert-OH is 1. The van der Waals surface area contributed by atoms with E-state index in [1.807, 2.05) is 13.0 Å². The zero-order valence-corrected chi connectivity index (χ0v) is 14.3. The molecule has 0 saturated heterocycles. The number of rotatable bonds is 3. The number of ether oxygens (including phenoxy) is 1. The molecule has 2 N–H and O–H groups in total. The second kappa shape index (κ2) is 6.79. The number of nitrogens with zero attached hydrogens (tertiary/aromatic N) is 1. The lowest BCUT2D eigenvalue weighted by atomic mass is 10.00. The van der Waals surface area contributed by atoms with Crippen LogP contribution in [-0.4, -0.2) is 33.3 Å². The first-order chi connectivity index (χ1) is 12.4. The summed E-state index contributed by atoms with van der Waals surface area (Å²) in [5.74, 6) is -0.506. The van der Waals surface area contributed by atoms with Gasteiger partial charge >= 0.3 is 5.97 Å². The van der Waals surface area contributed by atoms with Gasteiger partial charge in [0.15, 0.2) is 0 Å². The third-order valence-corrected chi connectivity index (χ3v) is 3.97. The number of carbonyl (C=O) groups is 1. The molecule has 0 radical (unpaired) electrons. The molecule has 1 aliphatic carbocycles. The molecule has 0 bridgehead atoms. The van der Waals surface area contributed by atoms with Gasteiger partial charge in [-0.1, -0.05) is 0 Å². The van der Waals surface area contributed by atoms with E-state index in [1.54, 1.807) is 19.1 Å². The van der Waals surface area contributed by atoms with Crippen LogP contribution < -0.4 is 0 Å². The van der Waals surface area contributed by atoms with Gasteiger partial charge < -0.3 is 25.2 Å². The van der Waals surface area contributed by atoms with Crippen molar-refractivity contribution in [1.29, 1.82) is 0 Å². The number of aryl methyl sites for hydroxylation is 1. The van der Waals surface area contributed by atoms with Crippen molar-refractivity contribution in [3.63, 3.8) is 0 Å². The highest BCUT2D eigenvalue weighted by Crippen LogP contribution is 2.29. The molecule has 0 atom stereocenters. The summed E-state index contributed by atoms with van der Waals surface area (Å²) in [5, 5.41) is 33.0. The van der Waals surface area contributed by atoms with Crippen molar-refractivity contribution in [2.45, 2.75) is 13.8 Å². The lowest BCUT2D eigenvalue weighted by molar-refractivity contribution is -0.377. The van der Waals surface area contributed by atoms with Crippen molar-refractivity contribution in [2.24, 2.45) is 0 Å². The van der Waals surface area contributed by atoms with Crippen LogP contribution in [0.1, 0.15) is 28.5 Å². The molecule has 26 heavy (non-hydrogen) atoms. The minimum atomic E-state index is -0.498. The van der Waals surface area contributed by atoms with E-state index in [2.05, 4.69) is 4.98 Å². The van der Waals surface area contributed by atoms with Crippen molar-refractivity contribution in [3.8, 4) is 0 Å². The molecule has 1 aromatic carbocycles. The smallest absolute Gasteiger partial charge is 0.354 e. The van der Waals surface area contributed by atoms with Crippen LogP contribution in [0, 0.1) is 17.3 Å². The third kappa shape index (κ3) is 3.19. The molecule has 7 nitrogen and oxygen atoms in total. The lowest BCUT2D eigenvalue weighted by Gasteiger charge is -2.11. The highest BCUT2D eigenvalue weighted by atomic mass is 16.8. The number of esters is 1. The summed E-state index contributed by atoms with van der Waals surface area (Å²) in [5.41, 5.74) is 2.68. The summed E-state index contributed by atoms with van der Waals surface area (Å²) in [6.07, 6.45) is 5.63. The van der Waals surface area contributed by atoms with Crippen LogP contribution in [0.2, 0.25) is 0 Å². The van der Waals surface area contributed by atoms with Gasteiger partial charge in [-0.05, 0) is 49.8 Å². The summed E-state index contributed by atoms with van der Waals surface area (Å²) < 4.78 is 5.00. The molecule has 134 valence electrons. The summed E-state index contributed by atoms with van der Waals surface area (Å²) in [6, 6.07) is 5.35. The molecular formula is C19H17N2O5-. The molecule has 7 heteroatoms. The van der Waals surface area contributed by atoms with E-state index in [-0.39, 0.29) is 18.1 Å². The van der Waals surface area contributed by atoms with E-state index in [1.165, 1.54) is 24.3 Å². The van der Waals surface area contributed by atoms with Crippen LogP contribution in [0.25, 0.3) is 16.7 Å². The first kappa shape index (κ1) is 17.3. The third-order valence-electron chi connectivity index (χ3n) is 3.97. The standard InChI is InChI=1S/C19H17N2O5/c1-3-26-19(23)16-10-13-8-11(2)9-15(17(13)20-16)18(22)12-4-6-14(7-5-12)21(24)25/h4-10H,3H2,1-2H3,(H2-,20,22,23,24,25)/q-1. The number of aliphatic hydroxyl groups is 1. The van der Waals surface area contributed by atoms with Crippen molar-refractivity contribution >= 4 is 28.3 Å². The number of aromatic nitrogens is 1. The normalized spacial score (nSPS) is 13.3. The highest BCUT2D eigenvalue weighted by Gasteiger charge is 2.17. The first-order valence-electron chi connectivity index (χ1n) is 8.02. The maximum atomic E-state index is 12.0. The van der Waals surface area contributed by atoms with Crippen LogP contribution in [0.15, 0.2) is 48.1 Å². The maximum Gasteiger partial charge on any atom is 0.354 e. The molecule has 1 aliphatic rings. The predicted octanol–water partition coefficient (Wildman–Crippen LogP) is 3.50. The Morgan fingerprint density at radius 2 is 1.88 bits per heavy atom. The maximum absolute atomic E-state index is 12.0. The Balaban J connectivity index is 2.11. The van der Waals surface area contributed by atoms with Crippen molar-refractivity contribution in [2.75, 3.05) is 6.61 Å². The quantitative estimate of drug-likeness (QED) is 0.380. The molecule has 0 amide bonds. The molecular weight excluding hydrogens is 336 g/mol. The van der Waals surface area contributed by atoms with Gasteiger partial charge in [0.25, 0.3) is 0 Å². The van der Waals surface area contributed by atoms with Crippen LogP contribution >= 0.6 is 0 Å². The summed E-state index contributed by atoms with van der Waals surface area (Å²) in [7, 11) is 0. The van der Waals surface area contributed by atoms with Crippen molar-refractivity contribution < 1.29 is 19.5 Å². The number of allylic oxidation sites excluding steroid dienone is 5. The Morgan fingerprint density at radius 3 is 2.50 bits per heavy atom. The van der Waals surface area contributed by atoms with Gasteiger partial charge in [-0.25, -0.2) is 4.79 Å². The lowest BCUT2D eigenvalue weighted by Crippen LogP contribution is -2.07. The number of hydrogen-bond acceptors (Lipinski definition) is 5. The van der Waals surface area contributed by atoms with Crippen molar-refractivity contribution in [3.05, 3.63) is 75.3 Å². The number of hydrogen-bond donors (Lipinski definition) is 2. The molecule has 2 aromatic rings. The average molecular weight is 353 g/mol. The predicted molar refractivity (Wildman–Crippen MR) is 98.8 cm³/mol. The van der Waals surface area contributed by atoms with Gasteiger partial charge in [0.05, 0.1) is 12.1 Å². The molecule has 0 aliphatic heterocycles. The average Bonchev–Trinajstić information content (AvgIpc) is 3.04. The minimum absolute atomic E-state index is 0.0362. The molecule has 1 heterocycles. The fourth-order valence-electron chi connectivity index (χ4n) is 2.80. The SMILES string of the molecule is CCOC(=O)c1cc2cc(C)cc(C(O)=C3C=CC(=[N+]([O-])[O-])C=C3)c2[nH]1. The molecule has 3 rings (SSSR count). The van der Waals surface area contributed by atoms with E-state index >= 15 is 0 Å². The Labute approximate surface area is 149 Å². The molecule has 1 aromatic heterocycles. The van der Waals surface area contributed by atoms with Gasteiger partial charge in [-0.15, -0.1) is 0 Å². The Bertz CT molecular complexity index is 986. The Hall–Kier alpha value is -3.48. The van der Waals surface area contributed by atoms with E-state index in [0.717, 1.165) is 10.9 Å². The van der Waals surface area contributed by atoms with E-state index in [0.29, 0.717) is 22.3 Å². The van der Waals surface area contributed by atoms with Crippen LogP contribution in [0.3, 0.4) is 0 Å². The number of aromatic amines is 1. The fraction of sp³-hybridized carbons (Fsp3) is 0.158. The number of carbonyl (C=O) groups excluding carboxylic acids is 1. The van der Waals surface area contributed by atoms with Crippen molar-refractivity contribution in [1.82, 2.24) is 4.98 Å². The van der Waals surface area contributed by atoms with Gasteiger partial charge in [0.1, 0.15) is 11.5 Å². The number of benzene rings is 1. The van der Waals surface area contributed by atoms with Gasteiger partial charge in [-0.2, -0.15) is 4.90 Å². The zero-order chi connectivity index (χ0) is 18.8. The molecule has 0 unspecified atom stereocenters. The van der Waals surface area contributed by atoms with Gasteiger partial charge in [-0.3, -0.25) is 0 Å². The number of H-pyrrole nitrogens is 1. The van der Waals surface area contributed by atoms with E-state index < -0.39 is 10.9 Å². The van der Waals surface area contributed by atoms with Crippen LogP contribution in [0.5, 0.6) is 0 Å². The number of fused-ring (bicyclic) bond motifs is 1. The molecule has 0 saturated carbocycles.